The van der Waals surface area contributed by atoms with E-state index in [1.807, 2.05) is 0 Å². The van der Waals surface area contributed by atoms with Crippen molar-refractivity contribution in [1.29, 1.82) is 0 Å². The average Bonchev–Trinajstić information content (AvgIpc) is 3.71. The van der Waals surface area contributed by atoms with Crippen molar-refractivity contribution in [3.05, 3.63) is 53.2 Å². The third-order valence-corrected chi connectivity index (χ3v) is 10.1. The Kier molecular flexibility index (Phi) is 7.04. The molecule has 2 aromatic heterocycles. The predicted octanol–water partition coefficient (Wildman–Crippen LogP) is 5.37. The SMILES string of the molecule is C#Cc1c(F)ccc2cccc(-c3nc(C#CC)c4c(N5C[C@H]6CC[C@@H](C5)N6)nc(OC[C@@]56CCCN5C[C@H](F)C6)nc4c3F)c12. The van der Waals surface area contributed by atoms with E-state index in [-0.39, 0.29) is 41.5 Å². The Morgan fingerprint density at radius 3 is 2.67 bits per heavy atom. The Bertz CT molecular complexity index is 1990. The number of halogens is 3. The average molecular weight is 623 g/mol. The molecule has 0 spiro atoms. The van der Waals surface area contributed by atoms with Crippen LogP contribution in [0.2, 0.25) is 0 Å². The minimum atomic E-state index is -0.909. The molecule has 0 unspecified atom stereocenters. The maximum Gasteiger partial charge on any atom is 0.319 e. The highest BCUT2D eigenvalue weighted by molar-refractivity contribution is 6.03. The van der Waals surface area contributed by atoms with Gasteiger partial charge < -0.3 is 15.0 Å². The molecule has 0 saturated carbocycles. The van der Waals surface area contributed by atoms with Gasteiger partial charge in [0.15, 0.2) is 5.82 Å². The highest BCUT2D eigenvalue weighted by atomic mass is 19.1. The molecule has 2 bridgehead atoms. The number of fused-ring (bicyclic) bond motifs is 5. The fourth-order valence-electron chi connectivity index (χ4n) is 8.13. The van der Waals surface area contributed by atoms with E-state index >= 15 is 4.39 Å². The van der Waals surface area contributed by atoms with E-state index in [4.69, 9.17) is 21.1 Å². The molecule has 46 heavy (non-hydrogen) atoms. The molecule has 6 heterocycles. The van der Waals surface area contributed by atoms with Gasteiger partial charge in [0.1, 0.15) is 41.3 Å². The standard InChI is InChI=1S/C36H33F3N6O/c1-3-7-28-30-33(31(39)32(41-28)26-9-5-8-21-10-13-27(38)25(4-2)29(21)26)42-35(43-34(30)44-18-23-11-12-24(19-44)40-23)46-20-36-14-6-15-45(36)17-22(37)16-36/h2,5,8-10,13,22-24,40H,6,11-12,14-20H2,1H3/t22-,23-,24+,36+/m1/s1. The normalized spacial score (nSPS) is 25.5. The van der Waals surface area contributed by atoms with Gasteiger partial charge in [-0.25, -0.2) is 18.2 Å². The van der Waals surface area contributed by atoms with Crippen molar-refractivity contribution >= 4 is 27.5 Å². The van der Waals surface area contributed by atoms with Gasteiger partial charge in [0.2, 0.25) is 0 Å². The molecule has 8 rings (SSSR count). The lowest BCUT2D eigenvalue weighted by molar-refractivity contribution is 0.107. The number of alkyl halides is 1. The van der Waals surface area contributed by atoms with Crippen molar-refractivity contribution in [2.45, 2.75) is 62.8 Å². The van der Waals surface area contributed by atoms with Gasteiger partial charge in [-0.1, -0.05) is 36.1 Å². The highest BCUT2D eigenvalue weighted by Gasteiger charge is 2.49. The van der Waals surface area contributed by atoms with Crippen LogP contribution >= 0.6 is 0 Å². The van der Waals surface area contributed by atoms with Gasteiger partial charge in [0.25, 0.3) is 0 Å². The zero-order valence-corrected chi connectivity index (χ0v) is 25.5. The summed E-state index contributed by atoms with van der Waals surface area (Å²) in [5.41, 5.74) is 0.237. The van der Waals surface area contributed by atoms with Crippen molar-refractivity contribution < 1.29 is 17.9 Å². The number of nitrogens with zero attached hydrogens (tertiary/aromatic N) is 5. The van der Waals surface area contributed by atoms with Crippen LogP contribution in [0.15, 0.2) is 30.3 Å². The summed E-state index contributed by atoms with van der Waals surface area (Å²) in [4.78, 5) is 18.6. The molecule has 10 heteroatoms. The summed E-state index contributed by atoms with van der Waals surface area (Å²) in [6.45, 7) is 4.48. The number of rotatable bonds is 5. The summed E-state index contributed by atoms with van der Waals surface area (Å²) < 4.78 is 52.8. The molecule has 234 valence electrons. The van der Waals surface area contributed by atoms with Gasteiger partial charge in [0.05, 0.1) is 16.5 Å². The van der Waals surface area contributed by atoms with E-state index in [1.54, 1.807) is 31.2 Å². The fraction of sp³-hybridized carbons (Fsp3) is 0.417. The van der Waals surface area contributed by atoms with Crippen molar-refractivity contribution in [2.75, 3.05) is 37.7 Å². The first-order valence-corrected chi connectivity index (χ1v) is 15.9. The number of aromatic nitrogens is 3. The lowest BCUT2D eigenvalue weighted by Crippen LogP contribution is -2.51. The van der Waals surface area contributed by atoms with Crippen LogP contribution < -0.4 is 15.0 Å². The Balaban J connectivity index is 1.33. The number of pyridine rings is 1. The Morgan fingerprint density at radius 2 is 1.89 bits per heavy atom. The van der Waals surface area contributed by atoms with Crippen LogP contribution in [0.3, 0.4) is 0 Å². The third-order valence-electron chi connectivity index (χ3n) is 10.1. The van der Waals surface area contributed by atoms with E-state index < -0.39 is 23.3 Å². The van der Waals surface area contributed by atoms with Crippen molar-refractivity contribution in [2.24, 2.45) is 0 Å². The summed E-state index contributed by atoms with van der Waals surface area (Å²) in [5, 5.41) is 5.08. The molecular weight excluding hydrogens is 589 g/mol. The molecule has 0 amide bonds. The Morgan fingerprint density at radius 1 is 1.07 bits per heavy atom. The van der Waals surface area contributed by atoms with Gasteiger partial charge in [-0.05, 0) is 56.5 Å². The molecular formula is C36H33F3N6O. The molecule has 4 aromatic rings. The number of anilines is 1. The maximum atomic E-state index is 17.0. The predicted molar refractivity (Wildman–Crippen MR) is 171 cm³/mol. The first-order chi connectivity index (χ1) is 22.4. The summed E-state index contributed by atoms with van der Waals surface area (Å²) in [5.74, 6) is 7.67. The third kappa shape index (κ3) is 4.66. The molecule has 4 fully saturated rings. The molecule has 4 aliphatic heterocycles. The number of hydrogen-bond donors (Lipinski definition) is 1. The van der Waals surface area contributed by atoms with Crippen molar-refractivity contribution in [3.8, 4) is 41.5 Å². The highest BCUT2D eigenvalue weighted by Crippen LogP contribution is 2.42. The molecule has 1 N–H and O–H groups in total. The fourth-order valence-corrected chi connectivity index (χ4v) is 8.13. The van der Waals surface area contributed by atoms with E-state index in [0.29, 0.717) is 59.3 Å². The van der Waals surface area contributed by atoms with E-state index in [9.17, 15) is 8.78 Å². The molecule has 4 atom stereocenters. The van der Waals surface area contributed by atoms with E-state index in [2.05, 4.69) is 37.9 Å². The van der Waals surface area contributed by atoms with Gasteiger partial charge in [-0.15, -0.1) is 6.42 Å². The minimum absolute atomic E-state index is 0.0138. The topological polar surface area (TPSA) is 66.4 Å². The molecule has 4 aliphatic rings. The van der Waals surface area contributed by atoms with Crippen LogP contribution in [0.5, 0.6) is 6.01 Å². The molecule has 0 aliphatic carbocycles. The first kappa shape index (κ1) is 29.1. The second kappa shape index (κ2) is 11.2. The van der Waals surface area contributed by atoms with Gasteiger partial charge in [-0.3, -0.25) is 4.90 Å². The number of terminal acetylenes is 1. The van der Waals surface area contributed by atoms with Crippen LogP contribution in [-0.2, 0) is 0 Å². The van der Waals surface area contributed by atoms with Crippen LogP contribution in [0.1, 0.15) is 50.3 Å². The van der Waals surface area contributed by atoms with Gasteiger partial charge >= 0.3 is 6.01 Å². The van der Waals surface area contributed by atoms with Gasteiger partial charge in [0, 0.05) is 49.1 Å². The second-order valence-electron chi connectivity index (χ2n) is 12.9. The lowest BCUT2D eigenvalue weighted by Gasteiger charge is -2.35. The van der Waals surface area contributed by atoms with Crippen LogP contribution in [-0.4, -0.2) is 76.4 Å². The molecule has 0 radical (unpaired) electrons. The zero-order valence-electron chi connectivity index (χ0n) is 25.5. The Labute approximate surface area is 265 Å². The Hall–Kier alpha value is -4.38. The largest absolute Gasteiger partial charge is 0.461 e. The second-order valence-corrected chi connectivity index (χ2v) is 12.9. The van der Waals surface area contributed by atoms with E-state index in [0.717, 1.165) is 32.2 Å². The molecule has 2 aromatic carbocycles. The maximum absolute atomic E-state index is 17.0. The quantitative estimate of drug-likeness (QED) is 0.300. The smallest absolute Gasteiger partial charge is 0.319 e. The number of nitrogens with one attached hydrogen (secondary N) is 1. The van der Waals surface area contributed by atoms with Crippen molar-refractivity contribution in [1.82, 2.24) is 25.2 Å². The van der Waals surface area contributed by atoms with Crippen LogP contribution in [0.4, 0.5) is 19.0 Å². The monoisotopic (exact) mass is 622 g/mol. The summed E-state index contributed by atoms with van der Waals surface area (Å²) >= 11 is 0. The van der Waals surface area contributed by atoms with Crippen LogP contribution in [0.25, 0.3) is 32.9 Å². The number of ether oxygens (including phenoxy) is 1. The lowest BCUT2D eigenvalue weighted by atomic mass is 9.95. The molecule has 7 nitrogen and oxygen atoms in total. The van der Waals surface area contributed by atoms with E-state index in [1.165, 1.54) is 6.07 Å². The summed E-state index contributed by atoms with van der Waals surface area (Å²) in [7, 11) is 0. The van der Waals surface area contributed by atoms with Gasteiger partial charge in [-0.2, -0.15) is 9.97 Å². The molecule has 4 saturated heterocycles. The minimum Gasteiger partial charge on any atom is -0.461 e. The number of piperazine rings is 1. The van der Waals surface area contributed by atoms with Crippen molar-refractivity contribution in [3.63, 3.8) is 0 Å². The number of hydrogen-bond acceptors (Lipinski definition) is 7. The summed E-state index contributed by atoms with van der Waals surface area (Å²) in [6.07, 6.45) is 9.11. The summed E-state index contributed by atoms with van der Waals surface area (Å²) in [6, 6.07) is 8.75. The van der Waals surface area contributed by atoms with Crippen LogP contribution in [0, 0.1) is 35.8 Å². The zero-order chi connectivity index (χ0) is 31.6. The first-order valence-electron chi connectivity index (χ1n) is 15.9. The number of benzene rings is 2.